The Hall–Kier alpha value is 0.176. The van der Waals surface area contributed by atoms with Crippen molar-refractivity contribution < 1.29 is 21.6 Å². The summed E-state index contributed by atoms with van der Waals surface area (Å²) in [4.78, 5) is 9.89. The maximum atomic E-state index is 9.89. The molecule has 11 heavy (non-hydrogen) atoms. The van der Waals surface area contributed by atoms with Crippen LogP contribution >= 0.6 is 0 Å². The molecule has 0 saturated carbocycles. The summed E-state index contributed by atoms with van der Waals surface area (Å²) < 4.78 is 0. The van der Waals surface area contributed by atoms with Gasteiger partial charge in [-0.05, 0) is 6.42 Å². The smallest absolute Gasteiger partial charge is 0.119 e. The molecular weight excluding hydrogens is 183 g/mol. The summed E-state index contributed by atoms with van der Waals surface area (Å²) in [6.07, 6.45) is 9.39. The summed E-state index contributed by atoms with van der Waals surface area (Å²) in [7, 11) is 0. The minimum absolute atomic E-state index is 0. The van der Waals surface area contributed by atoms with Crippen LogP contribution < -0.4 is 0 Å². The zero-order valence-electron chi connectivity index (χ0n) is 7.27. The van der Waals surface area contributed by atoms with Gasteiger partial charge in [0.05, 0.1) is 0 Å². The quantitative estimate of drug-likeness (QED) is 0.457. The summed E-state index contributed by atoms with van der Waals surface area (Å²) in [6.45, 7) is 2.21. The molecule has 0 bridgehead atoms. The number of rotatable bonds is 7. The Balaban J connectivity index is 0. The molecule has 0 aromatic heterocycles. The van der Waals surface area contributed by atoms with Gasteiger partial charge in [-0.25, -0.2) is 0 Å². The topological polar surface area (TPSA) is 17.1 Å². The third-order valence-electron chi connectivity index (χ3n) is 1.68. The SMILES string of the molecule is CCCCCCCCC=O.[Co]. The first kappa shape index (κ1) is 13.7. The van der Waals surface area contributed by atoms with Crippen LogP contribution in [0.4, 0.5) is 0 Å². The largest absolute Gasteiger partial charge is 0.303 e. The van der Waals surface area contributed by atoms with E-state index in [0.717, 1.165) is 19.1 Å². The molecular formula is C9H18CoO. The summed E-state index contributed by atoms with van der Waals surface area (Å²) in [5, 5.41) is 0. The number of hydrogen-bond acceptors (Lipinski definition) is 1. The molecule has 69 valence electrons. The van der Waals surface area contributed by atoms with Crippen molar-refractivity contribution in [3.63, 3.8) is 0 Å². The van der Waals surface area contributed by atoms with Crippen LogP contribution in [0.2, 0.25) is 0 Å². The monoisotopic (exact) mass is 201 g/mol. The van der Waals surface area contributed by atoms with Gasteiger partial charge in [0.15, 0.2) is 0 Å². The van der Waals surface area contributed by atoms with Crippen LogP contribution in [0.3, 0.4) is 0 Å². The summed E-state index contributed by atoms with van der Waals surface area (Å²) in [6, 6.07) is 0. The summed E-state index contributed by atoms with van der Waals surface area (Å²) in [5.74, 6) is 0. The molecule has 2 heteroatoms. The minimum Gasteiger partial charge on any atom is -0.303 e. The summed E-state index contributed by atoms with van der Waals surface area (Å²) in [5.41, 5.74) is 0. The van der Waals surface area contributed by atoms with Gasteiger partial charge in [0.2, 0.25) is 0 Å². The van der Waals surface area contributed by atoms with Gasteiger partial charge in [0.25, 0.3) is 0 Å². The number of aldehydes is 1. The molecule has 0 spiro atoms. The molecule has 0 aromatic carbocycles. The molecule has 0 aliphatic rings. The molecule has 0 saturated heterocycles. The van der Waals surface area contributed by atoms with Gasteiger partial charge in [0, 0.05) is 23.2 Å². The van der Waals surface area contributed by atoms with Crippen LogP contribution in [0.15, 0.2) is 0 Å². The molecule has 0 amide bonds. The average molecular weight is 201 g/mol. The van der Waals surface area contributed by atoms with Crippen LogP contribution in [-0.2, 0) is 21.6 Å². The predicted octanol–water partition coefficient (Wildman–Crippen LogP) is 2.93. The number of unbranched alkanes of at least 4 members (excludes halogenated alkanes) is 6. The molecule has 0 aliphatic heterocycles. The standard InChI is InChI=1S/C9H18O.Co/c1-2-3-4-5-6-7-8-9-10;/h9H,2-8H2,1H3;. The number of hydrogen-bond donors (Lipinski definition) is 0. The van der Waals surface area contributed by atoms with Crippen LogP contribution in [-0.4, -0.2) is 6.29 Å². The molecule has 1 nitrogen and oxygen atoms in total. The van der Waals surface area contributed by atoms with Gasteiger partial charge < -0.3 is 4.79 Å². The number of carbonyl (C=O) groups is 1. The van der Waals surface area contributed by atoms with E-state index >= 15 is 0 Å². The second kappa shape index (κ2) is 12.8. The van der Waals surface area contributed by atoms with Crippen molar-refractivity contribution in [3.05, 3.63) is 0 Å². The first-order valence-electron chi connectivity index (χ1n) is 4.35. The molecule has 0 atom stereocenters. The third kappa shape index (κ3) is 13.2. The second-order valence-corrected chi connectivity index (χ2v) is 2.72. The molecule has 0 N–H and O–H groups in total. The summed E-state index contributed by atoms with van der Waals surface area (Å²) >= 11 is 0. The molecule has 0 unspecified atom stereocenters. The fourth-order valence-corrected chi connectivity index (χ4v) is 1.01. The van der Waals surface area contributed by atoms with E-state index in [1.165, 1.54) is 32.1 Å². The zero-order chi connectivity index (χ0) is 7.66. The third-order valence-corrected chi connectivity index (χ3v) is 1.68. The van der Waals surface area contributed by atoms with Crippen molar-refractivity contribution in [1.29, 1.82) is 0 Å². The Morgan fingerprint density at radius 2 is 1.55 bits per heavy atom. The van der Waals surface area contributed by atoms with E-state index in [1.807, 2.05) is 0 Å². The van der Waals surface area contributed by atoms with Crippen LogP contribution in [0, 0.1) is 0 Å². The Bertz CT molecular complexity index is 74.0. The van der Waals surface area contributed by atoms with Gasteiger partial charge in [-0.2, -0.15) is 0 Å². The van der Waals surface area contributed by atoms with E-state index < -0.39 is 0 Å². The van der Waals surface area contributed by atoms with E-state index in [0.29, 0.717) is 0 Å². The maximum Gasteiger partial charge on any atom is 0.119 e. The van der Waals surface area contributed by atoms with Gasteiger partial charge in [-0.1, -0.05) is 39.0 Å². The molecule has 0 heterocycles. The van der Waals surface area contributed by atoms with Crippen LogP contribution in [0.5, 0.6) is 0 Å². The fraction of sp³-hybridized carbons (Fsp3) is 0.889. The van der Waals surface area contributed by atoms with E-state index in [-0.39, 0.29) is 16.8 Å². The van der Waals surface area contributed by atoms with E-state index in [4.69, 9.17) is 0 Å². The molecule has 1 radical (unpaired) electrons. The normalized spacial score (nSPS) is 8.82. The maximum absolute atomic E-state index is 9.89. The predicted molar refractivity (Wildman–Crippen MR) is 44.1 cm³/mol. The van der Waals surface area contributed by atoms with Crippen molar-refractivity contribution in [2.75, 3.05) is 0 Å². The van der Waals surface area contributed by atoms with Crippen molar-refractivity contribution in [2.45, 2.75) is 51.9 Å². The Kier molecular flexibility index (Phi) is 16.0. The van der Waals surface area contributed by atoms with Crippen molar-refractivity contribution in [3.8, 4) is 0 Å². The first-order chi connectivity index (χ1) is 4.91. The van der Waals surface area contributed by atoms with Crippen molar-refractivity contribution >= 4 is 6.29 Å². The average Bonchev–Trinajstić information content (AvgIpc) is 1.97. The van der Waals surface area contributed by atoms with Gasteiger partial charge in [0.1, 0.15) is 6.29 Å². The molecule has 0 fully saturated rings. The van der Waals surface area contributed by atoms with Crippen molar-refractivity contribution in [2.24, 2.45) is 0 Å². The molecule has 0 aromatic rings. The van der Waals surface area contributed by atoms with Crippen LogP contribution in [0.1, 0.15) is 51.9 Å². The van der Waals surface area contributed by atoms with Gasteiger partial charge in [-0.15, -0.1) is 0 Å². The molecule has 0 aliphatic carbocycles. The minimum atomic E-state index is 0. The van der Waals surface area contributed by atoms with E-state index in [9.17, 15) is 4.79 Å². The Morgan fingerprint density at radius 1 is 1.00 bits per heavy atom. The van der Waals surface area contributed by atoms with Crippen molar-refractivity contribution in [1.82, 2.24) is 0 Å². The Morgan fingerprint density at radius 3 is 2.09 bits per heavy atom. The van der Waals surface area contributed by atoms with Crippen LogP contribution in [0.25, 0.3) is 0 Å². The second-order valence-electron chi connectivity index (χ2n) is 2.72. The number of carbonyl (C=O) groups excluding carboxylic acids is 1. The Labute approximate surface area is 80.1 Å². The van der Waals surface area contributed by atoms with Gasteiger partial charge in [-0.3, -0.25) is 0 Å². The zero-order valence-corrected chi connectivity index (χ0v) is 8.31. The first-order valence-corrected chi connectivity index (χ1v) is 4.35. The fourth-order valence-electron chi connectivity index (χ4n) is 1.01. The van der Waals surface area contributed by atoms with E-state index in [1.54, 1.807) is 0 Å². The van der Waals surface area contributed by atoms with E-state index in [2.05, 4.69) is 6.92 Å². The van der Waals surface area contributed by atoms with Gasteiger partial charge >= 0.3 is 0 Å². The molecule has 0 rings (SSSR count).